The normalized spacial score (nSPS) is 27.9. The number of ether oxygens (including phenoxy) is 2. The van der Waals surface area contributed by atoms with Gasteiger partial charge < -0.3 is 9.47 Å². The van der Waals surface area contributed by atoms with Crippen LogP contribution in [0.4, 0.5) is 0 Å². The molecule has 0 aromatic rings. The second-order valence-electron chi connectivity index (χ2n) is 3.18. The van der Waals surface area contributed by atoms with Crippen LogP contribution in [-0.4, -0.2) is 18.4 Å². The van der Waals surface area contributed by atoms with Gasteiger partial charge in [0.1, 0.15) is 5.71 Å². The van der Waals surface area contributed by atoms with Crippen LogP contribution in [0.25, 0.3) is 0 Å². The Morgan fingerprint density at radius 3 is 3.07 bits per heavy atom. The van der Waals surface area contributed by atoms with Crippen LogP contribution in [0.1, 0.15) is 0 Å². The van der Waals surface area contributed by atoms with Crippen molar-refractivity contribution in [1.29, 1.82) is 0 Å². The molecule has 2 heterocycles. The number of fused-ring (bicyclic) bond motifs is 2. The molecule has 1 amide bonds. The van der Waals surface area contributed by atoms with Gasteiger partial charge in [0.2, 0.25) is 6.79 Å². The fourth-order valence-corrected chi connectivity index (χ4v) is 1.67. The van der Waals surface area contributed by atoms with Crippen molar-refractivity contribution in [1.82, 2.24) is 0 Å². The number of rotatable bonds is 0. The molecule has 14 heavy (non-hydrogen) atoms. The maximum absolute atomic E-state index is 11.1. The van der Waals surface area contributed by atoms with Crippen LogP contribution in [0.2, 0.25) is 0 Å². The van der Waals surface area contributed by atoms with E-state index >= 15 is 0 Å². The average molecular weight is 189 g/mol. The highest BCUT2D eigenvalue weighted by Gasteiger charge is 2.30. The van der Waals surface area contributed by atoms with Gasteiger partial charge in [-0.1, -0.05) is 12.2 Å². The highest BCUT2D eigenvalue weighted by atomic mass is 16.7. The molecular formula is C10H7NO3. The van der Waals surface area contributed by atoms with Crippen molar-refractivity contribution in [2.75, 3.05) is 6.79 Å². The van der Waals surface area contributed by atoms with Gasteiger partial charge in [0.15, 0.2) is 11.5 Å². The van der Waals surface area contributed by atoms with Crippen LogP contribution < -0.4 is 0 Å². The predicted octanol–water partition coefficient (Wildman–Crippen LogP) is 0.926. The summed E-state index contributed by atoms with van der Waals surface area (Å²) in [6, 6.07) is 0. The number of amides is 1. The molecule has 1 atom stereocenters. The van der Waals surface area contributed by atoms with E-state index in [1.54, 1.807) is 0 Å². The third-order valence-corrected chi connectivity index (χ3v) is 2.32. The van der Waals surface area contributed by atoms with Gasteiger partial charge in [-0.2, -0.15) is 0 Å². The molecule has 3 rings (SSSR count). The summed E-state index contributed by atoms with van der Waals surface area (Å²) in [5.74, 6) is 1.08. The lowest BCUT2D eigenvalue weighted by Crippen LogP contribution is -2.21. The zero-order chi connectivity index (χ0) is 9.54. The number of carbonyl (C=O) groups excluding carboxylic acids is 1. The molecule has 0 spiro atoms. The van der Waals surface area contributed by atoms with Crippen LogP contribution in [0.5, 0.6) is 0 Å². The summed E-state index contributed by atoms with van der Waals surface area (Å²) in [7, 11) is 0. The standard InChI is InChI=1S/C10H7NO3/c12-8-4-2-6-1-3-7-10(9(6)11-8)14-5-13-7/h1-4,6H,5H2. The van der Waals surface area contributed by atoms with E-state index in [9.17, 15) is 4.79 Å². The Kier molecular flexibility index (Phi) is 1.39. The van der Waals surface area contributed by atoms with Gasteiger partial charge in [0, 0.05) is 12.0 Å². The summed E-state index contributed by atoms with van der Waals surface area (Å²) >= 11 is 0. The first-order chi connectivity index (χ1) is 6.84. The number of hydrogen-bond acceptors (Lipinski definition) is 3. The first-order valence-electron chi connectivity index (χ1n) is 4.34. The van der Waals surface area contributed by atoms with E-state index in [0.29, 0.717) is 17.2 Å². The molecule has 3 aliphatic rings. The Morgan fingerprint density at radius 2 is 2.14 bits per heavy atom. The van der Waals surface area contributed by atoms with E-state index in [2.05, 4.69) is 4.99 Å². The summed E-state index contributed by atoms with van der Waals surface area (Å²) in [6.45, 7) is 0.207. The minimum atomic E-state index is -0.242. The van der Waals surface area contributed by atoms with Gasteiger partial charge in [-0.25, -0.2) is 4.99 Å². The maximum Gasteiger partial charge on any atom is 0.269 e. The number of dihydropyridines is 1. The maximum atomic E-state index is 11.1. The van der Waals surface area contributed by atoms with E-state index < -0.39 is 0 Å². The van der Waals surface area contributed by atoms with Crippen molar-refractivity contribution in [3.8, 4) is 0 Å². The molecule has 0 aromatic carbocycles. The van der Waals surface area contributed by atoms with Crippen LogP contribution in [-0.2, 0) is 14.3 Å². The van der Waals surface area contributed by atoms with E-state index in [-0.39, 0.29) is 18.6 Å². The Morgan fingerprint density at radius 1 is 1.29 bits per heavy atom. The molecule has 4 nitrogen and oxygen atoms in total. The summed E-state index contributed by atoms with van der Waals surface area (Å²) in [5, 5.41) is 0. The quantitative estimate of drug-likeness (QED) is 0.569. The third-order valence-electron chi connectivity index (χ3n) is 2.32. The van der Waals surface area contributed by atoms with Gasteiger partial charge in [0.25, 0.3) is 5.91 Å². The van der Waals surface area contributed by atoms with Crippen molar-refractivity contribution in [2.45, 2.75) is 0 Å². The van der Waals surface area contributed by atoms with Crippen molar-refractivity contribution in [2.24, 2.45) is 10.9 Å². The van der Waals surface area contributed by atoms with Crippen LogP contribution >= 0.6 is 0 Å². The van der Waals surface area contributed by atoms with Gasteiger partial charge in [-0.15, -0.1) is 0 Å². The lowest BCUT2D eigenvalue weighted by molar-refractivity contribution is -0.113. The van der Waals surface area contributed by atoms with E-state index in [1.807, 2.05) is 18.2 Å². The smallest absolute Gasteiger partial charge is 0.269 e. The monoisotopic (exact) mass is 189 g/mol. The molecule has 4 heteroatoms. The topological polar surface area (TPSA) is 47.9 Å². The fourth-order valence-electron chi connectivity index (χ4n) is 1.67. The van der Waals surface area contributed by atoms with Crippen LogP contribution in [0.3, 0.4) is 0 Å². The van der Waals surface area contributed by atoms with Crippen LogP contribution in [0, 0.1) is 5.92 Å². The SMILES string of the molecule is O=C1C=CC2C=CC3=C(OCO3)C2=N1. The summed E-state index contributed by atoms with van der Waals surface area (Å²) in [5.41, 5.74) is 0.660. The Balaban J connectivity index is 2.10. The van der Waals surface area contributed by atoms with Crippen LogP contribution in [0.15, 0.2) is 40.8 Å². The fraction of sp³-hybridized carbons (Fsp3) is 0.200. The van der Waals surface area contributed by atoms with Gasteiger partial charge in [0.05, 0.1) is 0 Å². The first kappa shape index (κ1) is 7.55. The van der Waals surface area contributed by atoms with E-state index in [4.69, 9.17) is 9.47 Å². The van der Waals surface area contributed by atoms with Crippen molar-refractivity contribution in [3.63, 3.8) is 0 Å². The second-order valence-corrected chi connectivity index (χ2v) is 3.18. The molecule has 0 fully saturated rings. The number of nitrogens with zero attached hydrogens (tertiary/aromatic N) is 1. The number of aliphatic imine (C=N–C) groups is 1. The zero-order valence-electron chi connectivity index (χ0n) is 7.27. The number of carbonyl (C=O) groups is 1. The molecule has 0 N–H and O–H groups in total. The highest BCUT2D eigenvalue weighted by molar-refractivity contribution is 6.13. The van der Waals surface area contributed by atoms with Crippen molar-refractivity contribution in [3.05, 3.63) is 35.8 Å². The van der Waals surface area contributed by atoms with E-state index in [1.165, 1.54) is 6.08 Å². The molecule has 0 radical (unpaired) electrons. The second kappa shape index (κ2) is 2.57. The first-order valence-corrected chi connectivity index (χ1v) is 4.34. The van der Waals surface area contributed by atoms with Gasteiger partial charge >= 0.3 is 0 Å². The molecule has 70 valence electrons. The molecule has 0 aromatic heterocycles. The van der Waals surface area contributed by atoms with Crippen molar-refractivity contribution < 1.29 is 14.3 Å². The Hall–Kier alpha value is -1.84. The Labute approximate surface area is 80.2 Å². The minimum absolute atomic E-state index is 0.0492. The third kappa shape index (κ3) is 0.937. The molecule has 0 bridgehead atoms. The van der Waals surface area contributed by atoms with Crippen molar-refractivity contribution >= 4 is 11.6 Å². The average Bonchev–Trinajstić information content (AvgIpc) is 2.65. The van der Waals surface area contributed by atoms with E-state index in [0.717, 1.165) is 0 Å². The predicted molar refractivity (Wildman–Crippen MR) is 48.3 cm³/mol. The zero-order valence-corrected chi connectivity index (χ0v) is 7.27. The minimum Gasteiger partial charge on any atom is -0.454 e. The summed E-state index contributed by atoms with van der Waals surface area (Å²) < 4.78 is 10.5. The highest BCUT2D eigenvalue weighted by Crippen LogP contribution is 2.29. The van der Waals surface area contributed by atoms with Gasteiger partial charge in [-0.05, 0) is 6.08 Å². The largest absolute Gasteiger partial charge is 0.454 e. The number of hydrogen-bond donors (Lipinski definition) is 0. The molecule has 0 saturated carbocycles. The number of allylic oxidation sites excluding steroid dienone is 4. The van der Waals surface area contributed by atoms with Gasteiger partial charge in [-0.3, -0.25) is 4.79 Å². The summed E-state index contributed by atoms with van der Waals surface area (Å²) in [4.78, 5) is 15.0. The lowest BCUT2D eigenvalue weighted by atomic mass is 9.94. The Bertz CT molecular complexity index is 429. The molecule has 1 aliphatic carbocycles. The molecule has 2 aliphatic heterocycles. The summed E-state index contributed by atoms with van der Waals surface area (Å²) in [6.07, 6.45) is 7.08. The molecule has 1 unspecified atom stereocenters. The lowest BCUT2D eigenvalue weighted by Gasteiger charge is -2.17. The molecular weight excluding hydrogens is 182 g/mol. The molecule has 0 saturated heterocycles.